The normalized spacial score (nSPS) is 13.2. The van der Waals surface area contributed by atoms with Gasteiger partial charge in [0.2, 0.25) is 0 Å². The van der Waals surface area contributed by atoms with Gasteiger partial charge in [-0.1, -0.05) is 41.5 Å². The van der Waals surface area contributed by atoms with Gasteiger partial charge in [-0.2, -0.15) is 0 Å². The Morgan fingerprint density at radius 3 is 1.17 bits per heavy atom. The molecule has 0 N–H and O–H groups in total. The summed E-state index contributed by atoms with van der Waals surface area (Å²) in [5, 5.41) is 0. The zero-order valence-corrected chi connectivity index (χ0v) is 28.5. The van der Waals surface area contributed by atoms with Crippen molar-refractivity contribution in [2.45, 2.75) is 92.4 Å². The third-order valence-corrected chi connectivity index (χ3v) is 8.33. The van der Waals surface area contributed by atoms with Crippen molar-refractivity contribution < 1.29 is 19.1 Å². The van der Waals surface area contributed by atoms with Gasteiger partial charge in [-0.05, 0) is 46.2 Å². The molecule has 0 atom stereocenters. The van der Waals surface area contributed by atoms with E-state index in [1.165, 1.54) is 47.5 Å². The predicted octanol–water partition coefficient (Wildman–Crippen LogP) is 3.29. The molecular formula is C36H40N4O8. The van der Waals surface area contributed by atoms with Gasteiger partial charge in [0.15, 0.2) is 0 Å². The number of esters is 2. The van der Waals surface area contributed by atoms with E-state index in [0.717, 1.165) is 20.3 Å². The van der Waals surface area contributed by atoms with Crippen LogP contribution in [0.25, 0.3) is 0 Å². The highest BCUT2D eigenvalue weighted by atomic mass is 16.5. The summed E-state index contributed by atoms with van der Waals surface area (Å²) >= 11 is 0. The molecule has 48 heavy (non-hydrogen) atoms. The Hall–Kier alpha value is -5.26. The Kier molecular flexibility index (Phi) is 8.81. The van der Waals surface area contributed by atoms with Crippen LogP contribution in [0.1, 0.15) is 88.8 Å². The van der Waals surface area contributed by atoms with Gasteiger partial charge < -0.3 is 9.47 Å². The number of rotatable bonds is 2. The number of aromatic nitrogens is 4. The molecule has 0 aliphatic carbocycles. The van der Waals surface area contributed by atoms with Crippen molar-refractivity contribution in [2.24, 2.45) is 0 Å². The van der Waals surface area contributed by atoms with Crippen LogP contribution in [0.3, 0.4) is 0 Å². The van der Waals surface area contributed by atoms with Crippen LogP contribution >= 0.6 is 0 Å². The topological polar surface area (TPSA) is 141 Å². The van der Waals surface area contributed by atoms with Crippen LogP contribution in [0, 0.1) is 0 Å². The second-order valence-corrected chi connectivity index (χ2v) is 14.2. The van der Waals surface area contributed by atoms with E-state index in [-0.39, 0.29) is 43.1 Å². The fourth-order valence-corrected chi connectivity index (χ4v) is 5.75. The van der Waals surface area contributed by atoms with Crippen molar-refractivity contribution in [1.82, 2.24) is 18.3 Å². The quantitative estimate of drug-likeness (QED) is 0.208. The number of fused-ring (bicyclic) bond motifs is 8. The minimum atomic E-state index is -0.655. The van der Waals surface area contributed by atoms with E-state index < -0.39 is 39.9 Å². The molecule has 8 bridgehead atoms. The molecule has 0 radical (unpaired) electrons. The first-order valence-corrected chi connectivity index (χ1v) is 15.6. The molecule has 12 heteroatoms. The third-order valence-electron chi connectivity index (χ3n) is 8.33. The summed E-state index contributed by atoms with van der Waals surface area (Å²) in [6, 6.07) is 9.75. The molecule has 3 heterocycles. The van der Waals surface area contributed by atoms with Crippen molar-refractivity contribution in [3.8, 4) is 11.5 Å². The van der Waals surface area contributed by atoms with Crippen molar-refractivity contribution >= 4 is 11.9 Å². The summed E-state index contributed by atoms with van der Waals surface area (Å²) < 4.78 is 16.2. The van der Waals surface area contributed by atoms with Crippen LogP contribution in [0.15, 0.2) is 68.0 Å². The predicted molar refractivity (Wildman–Crippen MR) is 179 cm³/mol. The molecule has 0 spiro atoms. The maximum atomic E-state index is 14.0. The average molecular weight is 657 g/mol. The van der Waals surface area contributed by atoms with Crippen LogP contribution < -0.4 is 32.0 Å². The van der Waals surface area contributed by atoms with Crippen molar-refractivity contribution in [1.29, 1.82) is 0 Å². The molecule has 1 aliphatic heterocycles. The summed E-state index contributed by atoms with van der Waals surface area (Å²) in [6.45, 7) is 13.7. The summed E-state index contributed by atoms with van der Waals surface area (Å²) in [4.78, 5) is 79.4. The van der Waals surface area contributed by atoms with E-state index in [1.54, 1.807) is 12.1 Å². The second-order valence-electron chi connectivity index (χ2n) is 14.2. The molecule has 0 amide bonds. The molecule has 2 aromatic carbocycles. The Bertz CT molecular complexity index is 2080. The first-order chi connectivity index (χ1) is 22.3. The minimum absolute atomic E-state index is 0.0585. The highest BCUT2D eigenvalue weighted by Gasteiger charge is 2.26. The van der Waals surface area contributed by atoms with Crippen LogP contribution in [0.4, 0.5) is 0 Å². The molecule has 2 aromatic heterocycles. The van der Waals surface area contributed by atoms with E-state index in [9.17, 15) is 28.8 Å². The molecule has 0 fully saturated rings. The van der Waals surface area contributed by atoms with E-state index in [1.807, 2.05) is 53.7 Å². The molecule has 12 nitrogen and oxygen atoms in total. The maximum absolute atomic E-state index is 14.0. The third kappa shape index (κ3) is 6.87. The molecule has 0 saturated heterocycles. The van der Waals surface area contributed by atoms with Crippen LogP contribution in [-0.4, -0.2) is 30.2 Å². The SMILES string of the molecule is CC(=O)Oc1c2cc(C(C)(C)C)cc1Cn1ccc(=O)n(c1=O)Cc1cc(C(C)(C)C)cc(c1OC(C)=O)Cn1c(=O)ccn(c1=O)C2. The number of carbonyl (C=O) groups excluding carboxylic acids is 2. The minimum Gasteiger partial charge on any atom is -0.426 e. The fourth-order valence-electron chi connectivity index (χ4n) is 5.75. The number of hydrogen-bond donors (Lipinski definition) is 0. The van der Waals surface area contributed by atoms with Gasteiger partial charge in [-0.25, -0.2) is 9.59 Å². The van der Waals surface area contributed by atoms with Gasteiger partial charge in [0, 0.05) is 60.6 Å². The van der Waals surface area contributed by atoms with Crippen LogP contribution in [-0.2, 0) is 46.6 Å². The first kappa shape index (κ1) is 34.1. The smallest absolute Gasteiger partial charge is 0.331 e. The standard InChI is InChI=1S/C36H40N4O8/c1-21(41)47-31-23-13-27(35(3,4)5)14-24(31)18-38-12-10-30(44)40(34(38)46)20-26-16-28(36(6,7)8)15-25(32(26)48-22(2)42)19-39-29(43)9-11-37(17-23)33(39)45/h9-16H,17-20H2,1-8H3. The number of hydrogen-bond acceptors (Lipinski definition) is 8. The van der Waals surface area contributed by atoms with Crippen LogP contribution in [0.5, 0.6) is 11.5 Å². The van der Waals surface area contributed by atoms with E-state index in [2.05, 4.69) is 0 Å². The number of carbonyl (C=O) groups is 2. The van der Waals surface area contributed by atoms with Gasteiger partial charge in [0.25, 0.3) is 11.1 Å². The van der Waals surface area contributed by atoms with Gasteiger partial charge in [-0.15, -0.1) is 0 Å². The molecule has 0 saturated carbocycles. The van der Waals surface area contributed by atoms with Gasteiger partial charge in [-0.3, -0.25) is 37.4 Å². The van der Waals surface area contributed by atoms with Crippen LogP contribution in [0.2, 0.25) is 0 Å². The molecule has 0 unspecified atom stereocenters. The first-order valence-electron chi connectivity index (χ1n) is 15.6. The summed E-state index contributed by atoms with van der Waals surface area (Å²) in [5.41, 5.74) is 0.00327. The van der Waals surface area contributed by atoms with E-state index in [0.29, 0.717) is 22.3 Å². The highest BCUT2D eigenvalue weighted by Crippen LogP contribution is 2.35. The maximum Gasteiger partial charge on any atom is 0.331 e. The van der Waals surface area contributed by atoms with Crippen molar-refractivity contribution in [3.05, 3.63) is 124 Å². The Balaban J connectivity index is 1.92. The highest BCUT2D eigenvalue weighted by molar-refractivity contribution is 5.71. The monoisotopic (exact) mass is 656 g/mol. The zero-order chi connectivity index (χ0) is 35.3. The van der Waals surface area contributed by atoms with Crippen molar-refractivity contribution in [3.63, 3.8) is 0 Å². The molecule has 4 aromatic rings. The summed E-state index contributed by atoms with van der Waals surface area (Å²) in [6.07, 6.45) is 2.77. The molecule has 5 rings (SSSR count). The Morgan fingerprint density at radius 1 is 0.562 bits per heavy atom. The lowest BCUT2D eigenvalue weighted by Gasteiger charge is -2.25. The lowest BCUT2D eigenvalue weighted by atomic mass is 9.84. The van der Waals surface area contributed by atoms with Gasteiger partial charge >= 0.3 is 23.3 Å². The molecular weight excluding hydrogens is 616 g/mol. The largest absolute Gasteiger partial charge is 0.426 e. The number of nitrogens with zero attached hydrogens (tertiary/aromatic N) is 4. The van der Waals surface area contributed by atoms with E-state index in [4.69, 9.17) is 9.47 Å². The average Bonchev–Trinajstić information content (AvgIpc) is 2.96. The summed E-state index contributed by atoms with van der Waals surface area (Å²) in [7, 11) is 0. The molecule has 252 valence electrons. The lowest BCUT2D eigenvalue weighted by molar-refractivity contribution is -0.132. The zero-order valence-electron chi connectivity index (χ0n) is 28.5. The lowest BCUT2D eigenvalue weighted by Crippen LogP contribution is -2.40. The van der Waals surface area contributed by atoms with E-state index >= 15 is 0 Å². The van der Waals surface area contributed by atoms with Gasteiger partial charge in [0.1, 0.15) is 11.5 Å². The van der Waals surface area contributed by atoms with Gasteiger partial charge in [0.05, 0.1) is 26.2 Å². The summed E-state index contributed by atoms with van der Waals surface area (Å²) in [5.74, 6) is -1.02. The second kappa shape index (κ2) is 12.4. The number of ether oxygens (including phenoxy) is 2. The Morgan fingerprint density at radius 2 is 0.875 bits per heavy atom. The fraction of sp³-hybridized carbons (Fsp3) is 0.389. The Labute approximate surface area is 276 Å². The number of benzene rings is 2. The van der Waals surface area contributed by atoms with Crippen molar-refractivity contribution in [2.75, 3.05) is 0 Å². The molecule has 1 aliphatic rings.